The van der Waals surface area contributed by atoms with Gasteiger partial charge in [0.25, 0.3) is 0 Å². The Morgan fingerprint density at radius 2 is 2.14 bits per heavy atom. The fourth-order valence-electron chi connectivity index (χ4n) is 1.98. The van der Waals surface area contributed by atoms with Gasteiger partial charge in [0, 0.05) is 13.0 Å². The molecular weight excluding hydrogens is 178 g/mol. The maximum atomic E-state index is 11.7. The summed E-state index contributed by atoms with van der Waals surface area (Å²) < 4.78 is 0. The van der Waals surface area contributed by atoms with Crippen LogP contribution in [0.1, 0.15) is 40.0 Å². The molecule has 0 aromatic rings. The summed E-state index contributed by atoms with van der Waals surface area (Å²) in [5.74, 6) is 0.552. The maximum Gasteiger partial charge on any atom is 0.224 e. The summed E-state index contributed by atoms with van der Waals surface area (Å²) in [4.78, 5) is 13.2. The van der Waals surface area contributed by atoms with Crippen molar-refractivity contribution in [3.05, 3.63) is 0 Å². The fourth-order valence-corrected chi connectivity index (χ4v) is 1.98. The quantitative estimate of drug-likeness (QED) is 0.697. The molecule has 1 aliphatic rings. The summed E-state index contributed by atoms with van der Waals surface area (Å²) in [5, 5.41) is 8.98. The van der Waals surface area contributed by atoms with Gasteiger partial charge in [0.1, 0.15) is 6.73 Å². The average molecular weight is 199 g/mol. The summed E-state index contributed by atoms with van der Waals surface area (Å²) in [7, 11) is 0. The highest BCUT2D eigenvalue weighted by Gasteiger charge is 2.30. The highest BCUT2D eigenvalue weighted by atomic mass is 16.3. The first-order valence-electron chi connectivity index (χ1n) is 5.34. The first kappa shape index (κ1) is 11.5. The number of nitrogens with zero attached hydrogens (tertiary/aromatic N) is 1. The lowest BCUT2D eigenvalue weighted by molar-refractivity contribution is -0.135. The first-order valence-corrected chi connectivity index (χ1v) is 5.34. The van der Waals surface area contributed by atoms with Crippen LogP contribution in [0.5, 0.6) is 0 Å². The number of rotatable bonds is 1. The molecule has 14 heavy (non-hydrogen) atoms. The van der Waals surface area contributed by atoms with E-state index in [1.807, 2.05) is 0 Å². The molecule has 1 rings (SSSR count). The SMILES string of the molecule is CC(C)(C)C1CCCN(CO)C(=O)C1. The van der Waals surface area contributed by atoms with Crippen LogP contribution < -0.4 is 0 Å². The number of likely N-dealkylation sites (tertiary alicyclic amines) is 1. The molecule has 0 aromatic heterocycles. The molecule has 1 amide bonds. The van der Waals surface area contributed by atoms with Crippen LogP contribution in [0, 0.1) is 11.3 Å². The zero-order chi connectivity index (χ0) is 10.8. The van der Waals surface area contributed by atoms with Gasteiger partial charge in [-0.25, -0.2) is 0 Å². The minimum absolute atomic E-state index is 0.102. The number of carbonyl (C=O) groups is 1. The van der Waals surface area contributed by atoms with Crippen LogP contribution in [0.25, 0.3) is 0 Å². The van der Waals surface area contributed by atoms with E-state index in [1.54, 1.807) is 4.90 Å². The Hall–Kier alpha value is -0.570. The Morgan fingerprint density at radius 1 is 1.50 bits per heavy atom. The van der Waals surface area contributed by atoms with Crippen molar-refractivity contribution in [2.45, 2.75) is 40.0 Å². The molecule has 1 aliphatic heterocycles. The summed E-state index contributed by atoms with van der Waals surface area (Å²) in [6, 6.07) is 0. The van der Waals surface area contributed by atoms with E-state index in [2.05, 4.69) is 20.8 Å². The Balaban J connectivity index is 2.65. The van der Waals surface area contributed by atoms with Gasteiger partial charge in [-0.2, -0.15) is 0 Å². The molecule has 1 unspecified atom stereocenters. The van der Waals surface area contributed by atoms with Gasteiger partial charge in [-0.1, -0.05) is 20.8 Å². The van der Waals surface area contributed by atoms with Gasteiger partial charge in [0.05, 0.1) is 0 Å². The fraction of sp³-hybridized carbons (Fsp3) is 0.909. The van der Waals surface area contributed by atoms with E-state index in [1.165, 1.54) is 0 Å². The molecule has 0 saturated carbocycles. The largest absolute Gasteiger partial charge is 0.376 e. The predicted molar refractivity (Wildman–Crippen MR) is 55.6 cm³/mol. The minimum Gasteiger partial charge on any atom is -0.376 e. The Bertz CT molecular complexity index is 208. The Labute approximate surface area is 86.1 Å². The average Bonchev–Trinajstić information content (AvgIpc) is 2.25. The molecule has 3 nitrogen and oxygen atoms in total. The van der Waals surface area contributed by atoms with E-state index in [4.69, 9.17) is 5.11 Å². The van der Waals surface area contributed by atoms with E-state index in [0.717, 1.165) is 12.8 Å². The summed E-state index contributed by atoms with van der Waals surface area (Å²) >= 11 is 0. The Kier molecular flexibility index (Phi) is 3.53. The van der Waals surface area contributed by atoms with Crippen molar-refractivity contribution in [3.63, 3.8) is 0 Å². The highest BCUT2D eigenvalue weighted by Crippen LogP contribution is 2.34. The van der Waals surface area contributed by atoms with E-state index < -0.39 is 0 Å². The molecule has 1 N–H and O–H groups in total. The summed E-state index contributed by atoms with van der Waals surface area (Å²) in [6.07, 6.45) is 2.68. The van der Waals surface area contributed by atoms with E-state index in [9.17, 15) is 4.79 Å². The molecule has 82 valence electrons. The number of aliphatic hydroxyl groups is 1. The van der Waals surface area contributed by atoms with Crippen LogP contribution in [-0.4, -0.2) is 29.2 Å². The molecule has 1 atom stereocenters. The number of hydrogen-bond acceptors (Lipinski definition) is 2. The lowest BCUT2D eigenvalue weighted by Crippen LogP contribution is -2.32. The van der Waals surface area contributed by atoms with Crippen molar-refractivity contribution < 1.29 is 9.90 Å². The van der Waals surface area contributed by atoms with E-state index >= 15 is 0 Å². The number of hydrogen-bond donors (Lipinski definition) is 1. The van der Waals surface area contributed by atoms with Crippen LogP contribution >= 0.6 is 0 Å². The van der Waals surface area contributed by atoms with Gasteiger partial charge in [-0.15, -0.1) is 0 Å². The zero-order valence-corrected chi connectivity index (χ0v) is 9.42. The van der Waals surface area contributed by atoms with E-state index in [0.29, 0.717) is 18.9 Å². The monoisotopic (exact) mass is 199 g/mol. The van der Waals surface area contributed by atoms with Gasteiger partial charge < -0.3 is 10.0 Å². The maximum absolute atomic E-state index is 11.7. The standard InChI is InChI=1S/C11H21NO2/c1-11(2,3)9-5-4-6-12(8-13)10(14)7-9/h9,13H,4-8H2,1-3H3. The van der Waals surface area contributed by atoms with Crippen molar-refractivity contribution in [2.75, 3.05) is 13.3 Å². The molecule has 3 heteroatoms. The topological polar surface area (TPSA) is 40.5 Å². The molecule has 0 bridgehead atoms. The lowest BCUT2D eigenvalue weighted by Gasteiger charge is -2.29. The van der Waals surface area contributed by atoms with E-state index in [-0.39, 0.29) is 18.1 Å². The second-order valence-corrected chi connectivity index (χ2v) is 5.21. The van der Waals surface area contributed by atoms with Crippen molar-refractivity contribution in [3.8, 4) is 0 Å². The molecule has 1 saturated heterocycles. The first-order chi connectivity index (χ1) is 6.45. The van der Waals surface area contributed by atoms with Crippen molar-refractivity contribution >= 4 is 5.91 Å². The number of aliphatic hydroxyl groups excluding tert-OH is 1. The second kappa shape index (κ2) is 4.30. The minimum atomic E-state index is -0.129. The summed E-state index contributed by atoms with van der Waals surface area (Å²) in [5.41, 5.74) is 0.196. The number of amides is 1. The molecule has 0 radical (unpaired) electrons. The third-order valence-electron chi connectivity index (χ3n) is 3.15. The van der Waals surface area contributed by atoms with Crippen LogP contribution in [0.15, 0.2) is 0 Å². The molecule has 0 spiro atoms. The molecule has 0 aliphatic carbocycles. The zero-order valence-electron chi connectivity index (χ0n) is 9.42. The predicted octanol–water partition coefficient (Wildman–Crippen LogP) is 1.61. The van der Waals surface area contributed by atoms with Gasteiger partial charge >= 0.3 is 0 Å². The molecule has 1 heterocycles. The van der Waals surface area contributed by atoms with Crippen LogP contribution in [0.4, 0.5) is 0 Å². The van der Waals surface area contributed by atoms with Crippen LogP contribution in [0.2, 0.25) is 0 Å². The summed E-state index contributed by atoms with van der Waals surface area (Å²) in [6.45, 7) is 7.12. The normalized spacial score (nSPS) is 25.0. The van der Waals surface area contributed by atoms with Crippen LogP contribution in [-0.2, 0) is 4.79 Å². The third-order valence-corrected chi connectivity index (χ3v) is 3.15. The van der Waals surface area contributed by atoms with Gasteiger partial charge in [-0.3, -0.25) is 4.79 Å². The van der Waals surface area contributed by atoms with Gasteiger partial charge in [0.2, 0.25) is 5.91 Å². The van der Waals surface area contributed by atoms with Crippen molar-refractivity contribution in [1.29, 1.82) is 0 Å². The smallest absolute Gasteiger partial charge is 0.224 e. The highest BCUT2D eigenvalue weighted by molar-refractivity contribution is 5.76. The van der Waals surface area contributed by atoms with Crippen molar-refractivity contribution in [2.24, 2.45) is 11.3 Å². The van der Waals surface area contributed by atoms with Gasteiger partial charge in [-0.05, 0) is 24.2 Å². The molecule has 0 aromatic carbocycles. The molecular formula is C11H21NO2. The number of carbonyl (C=O) groups excluding carboxylic acids is 1. The second-order valence-electron chi connectivity index (χ2n) is 5.21. The third kappa shape index (κ3) is 2.71. The van der Waals surface area contributed by atoms with Gasteiger partial charge in [0.15, 0.2) is 0 Å². The lowest BCUT2D eigenvalue weighted by atomic mass is 9.76. The molecule has 1 fully saturated rings. The Morgan fingerprint density at radius 3 is 2.64 bits per heavy atom. The van der Waals surface area contributed by atoms with Crippen LogP contribution in [0.3, 0.4) is 0 Å². The van der Waals surface area contributed by atoms with Crippen molar-refractivity contribution in [1.82, 2.24) is 4.90 Å².